The van der Waals surface area contributed by atoms with Crippen LogP contribution in [0.5, 0.6) is 5.75 Å². The largest absolute Gasteiger partial charge is 0.484 e. The minimum absolute atomic E-state index is 0.0332. The van der Waals surface area contributed by atoms with Crippen molar-refractivity contribution in [3.05, 3.63) is 65.2 Å². The number of carbonyl (C=O) groups excluding carboxylic acids is 1. The van der Waals surface area contributed by atoms with Crippen LogP contribution in [-0.4, -0.2) is 12.5 Å². The van der Waals surface area contributed by atoms with Crippen LogP contribution in [0.4, 0.5) is 0 Å². The smallest absolute Gasteiger partial charge is 0.258 e. The van der Waals surface area contributed by atoms with Gasteiger partial charge in [-0.15, -0.1) is 0 Å². The molecule has 1 aliphatic rings. The third-order valence-corrected chi connectivity index (χ3v) is 4.64. The first-order chi connectivity index (χ1) is 11.8. The van der Waals surface area contributed by atoms with Gasteiger partial charge in [0.1, 0.15) is 5.75 Å². The Morgan fingerprint density at radius 1 is 1.08 bits per heavy atom. The van der Waals surface area contributed by atoms with E-state index in [-0.39, 0.29) is 18.6 Å². The van der Waals surface area contributed by atoms with Crippen molar-refractivity contribution in [2.45, 2.75) is 45.1 Å². The molecule has 1 amide bonds. The predicted octanol–water partition coefficient (Wildman–Crippen LogP) is 4.21. The van der Waals surface area contributed by atoms with Crippen molar-refractivity contribution in [2.24, 2.45) is 0 Å². The van der Waals surface area contributed by atoms with Crippen molar-refractivity contribution in [1.82, 2.24) is 5.32 Å². The maximum Gasteiger partial charge on any atom is 0.258 e. The van der Waals surface area contributed by atoms with Gasteiger partial charge in [0.2, 0.25) is 0 Å². The van der Waals surface area contributed by atoms with Crippen molar-refractivity contribution >= 4 is 5.91 Å². The number of hydrogen-bond acceptors (Lipinski definition) is 2. The van der Waals surface area contributed by atoms with Crippen molar-refractivity contribution in [3.8, 4) is 5.75 Å². The van der Waals surface area contributed by atoms with E-state index in [1.807, 2.05) is 36.4 Å². The van der Waals surface area contributed by atoms with Gasteiger partial charge in [-0.1, -0.05) is 43.3 Å². The highest BCUT2D eigenvalue weighted by atomic mass is 16.5. The highest BCUT2D eigenvalue weighted by Gasteiger charge is 2.14. The monoisotopic (exact) mass is 323 g/mol. The van der Waals surface area contributed by atoms with Crippen LogP contribution in [0.25, 0.3) is 0 Å². The lowest BCUT2D eigenvalue weighted by Crippen LogP contribution is -2.32. The lowest BCUT2D eigenvalue weighted by molar-refractivity contribution is -0.123. The molecule has 3 rings (SSSR count). The topological polar surface area (TPSA) is 38.3 Å². The SMILES string of the molecule is CCC(NC(=O)COc1ccc2c(c1)CCCC2)c1ccccc1. The zero-order valence-electron chi connectivity index (χ0n) is 14.3. The number of amides is 1. The summed E-state index contributed by atoms with van der Waals surface area (Å²) in [7, 11) is 0. The number of ether oxygens (including phenoxy) is 1. The van der Waals surface area contributed by atoms with Crippen molar-refractivity contribution in [2.75, 3.05) is 6.61 Å². The van der Waals surface area contributed by atoms with Gasteiger partial charge in [0.15, 0.2) is 6.61 Å². The van der Waals surface area contributed by atoms with Gasteiger partial charge in [-0.25, -0.2) is 0 Å². The zero-order valence-corrected chi connectivity index (χ0v) is 14.3. The maximum atomic E-state index is 12.2. The summed E-state index contributed by atoms with van der Waals surface area (Å²) in [5, 5.41) is 3.05. The molecular weight excluding hydrogens is 298 g/mol. The predicted molar refractivity (Wildman–Crippen MR) is 96.2 cm³/mol. The van der Waals surface area contributed by atoms with Gasteiger partial charge in [-0.2, -0.15) is 0 Å². The highest BCUT2D eigenvalue weighted by molar-refractivity contribution is 5.78. The Morgan fingerprint density at radius 3 is 2.58 bits per heavy atom. The fraction of sp³-hybridized carbons (Fsp3) is 0.381. The summed E-state index contributed by atoms with van der Waals surface area (Å²) in [6.07, 6.45) is 5.64. The second-order valence-electron chi connectivity index (χ2n) is 6.37. The molecule has 2 aromatic carbocycles. The van der Waals surface area contributed by atoms with Gasteiger partial charge in [0.25, 0.3) is 5.91 Å². The van der Waals surface area contributed by atoms with Gasteiger partial charge >= 0.3 is 0 Å². The maximum absolute atomic E-state index is 12.2. The molecule has 0 spiro atoms. The molecule has 0 fully saturated rings. The van der Waals surface area contributed by atoms with E-state index in [2.05, 4.69) is 24.4 Å². The summed E-state index contributed by atoms with van der Waals surface area (Å²) in [4.78, 5) is 12.2. The molecule has 1 aliphatic carbocycles. The normalized spacial score (nSPS) is 14.5. The van der Waals surface area contributed by atoms with Crippen LogP contribution in [0.3, 0.4) is 0 Å². The van der Waals surface area contributed by atoms with Crippen molar-refractivity contribution in [1.29, 1.82) is 0 Å². The summed E-state index contributed by atoms with van der Waals surface area (Å²) in [6.45, 7) is 2.13. The van der Waals surface area contributed by atoms with Gasteiger partial charge in [-0.3, -0.25) is 4.79 Å². The number of rotatable bonds is 6. The van der Waals surface area contributed by atoms with E-state index in [9.17, 15) is 4.79 Å². The van der Waals surface area contributed by atoms with Crippen LogP contribution in [0.15, 0.2) is 48.5 Å². The molecular formula is C21H25NO2. The molecule has 0 radical (unpaired) electrons. The van der Waals surface area contributed by atoms with E-state index in [1.165, 1.54) is 24.0 Å². The van der Waals surface area contributed by atoms with E-state index in [1.54, 1.807) is 0 Å². The van der Waals surface area contributed by atoms with E-state index in [0.29, 0.717) is 0 Å². The zero-order chi connectivity index (χ0) is 16.8. The average molecular weight is 323 g/mol. The van der Waals surface area contributed by atoms with Crippen LogP contribution in [0.2, 0.25) is 0 Å². The summed E-state index contributed by atoms with van der Waals surface area (Å²) < 4.78 is 5.70. The Morgan fingerprint density at radius 2 is 1.83 bits per heavy atom. The first-order valence-corrected chi connectivity index (χ1v) is 8.85. The molecule has 0 heterocycles. The molecule has 1 atom stereocenters. The fourth-order valence-electron chi connectivity index (χ4n) is 3.29. The van der Waals surface area contributed by atoms with Gasteiger partial charge in [0.05, 0.1) is 6.04 Å². The van der Waals surface area contributed by atoms with Crippen LogP contribution < -0.4 is 10.1 Å². The minimum Gasteiger partial charge on any atom is -0.484 e. The third-order valence-electron chi connectivity index (χ3n) is 4.64. The molecule has 2 aromatic rings. The second kappa shape index (κ2) is 8.00. The van der Waals surface area contributed by atoms with E-state index in [4.69, 9.17) is 4.74 Å². The quantitative estimate of drug-likeness (QED) is 0.865. The third kappa shape index (κ3) is 4.16. The second-order valence-corrected chi connectivity index (χ2v) is 6.37. The number of aryl methyl sites for hydroxylation is 2. The minimum atomic E-state index is -0.0802. The van der Waals surface area contributed by atoms with Crippen molar-refractivity contribution < 1.29 is 9.53 Å². The highest BCUT2D eigenvalue weighted by Crippen LogP contribution is 2.25. The Labute approximate surface area is 144 Å². The van der Waals surface area contributed by atoms with Gasteiger partial charge in [-0.05, 0) is 60.9 Å². The molecule has 0 saturated carbocycles. The molecule has 0 aromatic heterocycles. The number of carbonyl (C=O) groups is 1. The Hall–Kier alpha value is -2.29. The molecule has 1 N–H and O–H groups in total. The standard InChI is InChI=1S/C21H25NO2/c1-2-20(17-9-4-3-5-10-17)22-21(23)15-24-19-13-12-16-8-6-7-11-18(16)14-19/h3-5,9-10,12-14,20H,2,6-8,11,15H2,1H3,(H,22,23). The fourth-order valence-corrected chi connectivity index (χ4v) is 3.29. The Kier molecular flexibility index (Phi) is 5.52. The van der Waals surface area contributed by atoms with Gasteiger partial charge < -0.3 is 10.1 Å². The number of nitrogens with one attached hydrogen (secondary N) is 1. The molecule has 3 heteroatoms. The van der Waals surface area contributed by atoms with Crippen LogP contribution >= 0.6 is 0 Å². The molecule has 24 heavy (non-hydrogen) atoms. The summed E-state index contributed by atoms with van der Waals surface area (Å²) in [5.41, 5.74) is 3.92. The van der Waals surface area contributed by atoms with E-state index >= 15 is 0 Å². The number of fused-ring (bicyclic) bond motifs is 1. The summed E-state index contributed by atoms with van der Waals surface area (Å²) >= 11 is 0. The van der Waals surface area contributed by atoms with Crippen LogP contribution in [0, 0.1) is 0 Å². The Balaban J connectivity index is 1.55. The van der Waals surface area contributed by atoms with Crippen molar-refractivity contribution in [3.63, 3.8) is 0 Å². The molecule has 1 unspecified atom stereocenters. The summed E-state index contributed by atoms with van der Waals surface area (Å²) in [5.74, 6) is 0.710. The Bertz CT molecular complexity index is 681. The molecule has 3 nitrogen and oxygen atoms in total. The van der Waals surface area contributed by atoms with Crippen LogP contribution in [0.1, 0.15) is 48.9 Å². The molecule has 0 aliphatic heterocycles. The number of benzene rings is 2. The molecule has 0 saturated heterocycles. The van der Waals surface area contributed by atoms with E-state index in [0.717, 1.165) is 30.6 Å². The van der Waals surface area contributed by atoms with E-state index < -0.39 is 0 Å². The molecule has 0 bridgehead atoms. The first kappa shape index (κ1) is 16.6. The molecule has 126 valence electrons. The number of hydrogen-bond donors (Lipinski definition) is 1. The van der Waals surface area contributed by atoms with Crippen LogP contribution in [-0.2, 0) is 17.6 Å². The average Bonchev–Trinajstić information content (AvgIpc) is 2.65. The lowest BCUT2D eigenvalue weighted by Gasteiger charge is -2.19. The first-order valence-electron chi connectivity index (χ1n) is 8.85. The lowest BCUT2D eigenvalue weighted by atomic mass is 9.92. The summed E-state index contributed by atoms with van der Waals surface area (Å²) in [6, 6.07) is 16.3. The van der Waals surface area contributed by atoms with Gasteiger partial charge in [0, 0.05) is 0 Å².